The number of hydrogen-bond donors (Lipinski definition) is 0. The van der Waals surface area contributed by atoms with Crippen molar-refractivity contribution >= 4 is 5.78 Å². The Kier molecular flexibility index (Phi) is 4.30. The Bertz CT molecular complexity index is 397. The van der Waals surface area contributed by atoms with Crippen molar-refractivity contribution in [3.8, 4) is 0 Å². The lowest BCUT2D eigenvalue weighted by Crippen LogP contribution is -2.00. The highest BCUT2D eigenvalue weighted by atomic mass is 16.1. The van der Waals surface area contributed by atoms with E-state index in [1.807, 2.05) is 37.3 Å². The Labute approximate surface area is 90.4 Å². The van der Waals surface area contributed by atoms with Crippen LogP contribution in [0.25, 0.3) is 0 Å². The zero-order valence-electron chi connectivity index (χ0n) is 8.81. The summed E-state index contributed by atoms with van der Waals surface area (Å²) in [6.45, 7) is 5.54. The zero-order chi connectivity index (χ0) is 11.1. The molecule has 0 fully saturated rings. The van der Waals surface area contributed by atoms with Crippen molar-refractivity contribution in [2.45, 2.75) is 6.92 Å². The lowest BCUT2D eigenvalue weighted by molar-refractivity contribution is 0.103. The molecule has 15 heavy (non-hydrogen) atoms. The van der Waals surface area contributed by atoms with E-state index in [1.54, 1.807) is 24.3 Å². The first-order valence-electron chi connectivity index (χ1n) is 4.84. The monoisotopic (exact) mass is 198 g/mol. The van der Waals surface area contributed by atoms with E-state index in [4.69, 9.17) is 0 Å². The molecule has 1 heteroatoms. The Morgan fingerprint density at radius 3 is 2.47 bits per heavy atom. The minimum absolute atomic E-state index is 0.00343. The molecule has 0 N–H and O–H groups in total. The standard InChI is InChI=1S/C14H14O/c1-3-5-9-12(4-2)14(15)13-10-7-6-8-11-13/h3-11H,2H2,1H3/b5-3-,12-9+. The number of carbonyl (C=O) groups is 1. The summed E-state index contributed by atoms with van der Waals surface area (Å²) in [7, 11) is 0. The lowest BCUT2D eigenvalue weighted by atomic mass is 10.0. The first-order valence-corrected chi connectivity index (χ1v) is 4.84. The van der Waals surface area contributed by atoms with Gasteiger partial charge in [0.2, 0.25) is 0 Å². The van der Waals surface area contributed by atoms with Crippen LogP contribution < -0.4 is 0 Å². The average molecular weight is 198 g/mol. The quantitative estimate of drug-likeness (QED) is 0.410. The van der Waals surface area contributed by atoms with Crippen LogP contribution in [0, 0.1) is 0 Å². The van der Waals surface area contributed by atoms with Gasteiger partial charge in [0, 0.05) is 11.1 Å². The Morgan fingerprint density at radius 2 is 1.93 bits per heavy atom. The summed E-state index contributed by atoms with van der Waals surface area (Å²) in [5.74, 6) is 0.00343. The molecule has 0 saturated heterocycles. The molecule has 1 rings (SSSR count). The van der Waals surface area contributed by atoms with E-state index >= 15 is 0 Å². The van der Waals surface area contributed by atoms with Gasteiger partial charge in [0.15, 0.2) is 5.78 Å². The van der Waals surface area contributed by atoms with Gasteiger partial charge in [-0.1, -0.05) is 61.2 Å². The lowest BCUT2D eigenvalue weighted by Gasteiger charge is -1.99. The molecule has 76 valence electrons. The fourth-order valence-electron chi connectivity index (χ4n) is 1.19. The maximum absolute atomic E-state index is 11.9. The second-order valence-corrected chi connectivity index (χ2v) is 3.05. The molecule has 0 aliphatic heterocycles. The van der Waals surface area contributed by atoms with Crippen LogP contribution in [-0.2, 0) is 0 Å². The second-order valence-electron chi connectivity index (χ2n) is 3.05. The molecule has 0 aromatic heterocycles. The molecule has 0 aliphatic rings. The number of rotatable bonds is 4. The summed E-state index contributed by atoms with van der Waals surface area (Å²) in [6, 6.07) is 9.19. The van der Waals surface area contributed by atoms with Crippen LogP contribution in [0.3, 0.4) is 0 Å². The van der Waals surface area contributed by atoms with E-state index in [2.05, 4.69) is 6.58 Å². The fraction of sp³-hybridized carbons (Fsp3) is 0.0714. The summed E-state index contributed by atoms with van der Waals surface area (Å²) in [5, 5.41) is 0. The zero-order valence-corrected chi connectivity index (χ0v) is 8.81. The normalized spacial score (nSPS) is 11.7. The van der Waals surface area contributed by atoms with Gasteiger partial charge < -0.3 is 0 Å². The topological polar surface area (TPSA) is 17.1 Å². The summed E-state index contributed by atoms with van der Waals surface area (Å²) in [5.41, 5.74) is 1.30. The molecule has 0 radical (unpaired) electrons. The third-order valence-electron chi connectivity index (χ3n) is 1.99. The van der Waals surface area contributed by atoms with Crippen LogP contribution >= 0.6 is 0 Å². The first kappa shape index (κ1) is 11.2. The molecule has 0 bridgehead atoms. The Balaban J connectivity index is 2.97. The van der Waals surface area contributed by atoms with Gasteiger partial charge in [-0.25, -0.2) is 0 Å². The summed E-state index contributed by atoms with van der Waals surface area (Å²) < 4.78 is 0. The molecule has 0 saturated carbocycles. The minimum Gasteiger partial charge on any atom is -0.289 e. The largest absolute Gasteiger partial charge is 0.289 e. The van der Waals surface area contributed by atoms with Gasteiger partial charge in [-0.3, -0.25) is 4.79 Å². The number of hydrogen-bond acceptors (Lipinski definition) is 1. The van der Waals surface area contributed by atoms with E-state index in [9.17, 15) is 4.79 Å². The second kappa shape index (κ2) is 5.76. The third kappa shape index (κ3) is 3.06. The minimum atomic E-state index is 0.00343. The van der Waals surface area contributed by atoms with Gasteiger partial charge >= 0.3 is 0 Å². The van der Waals surface area contributed by atoms with Gasteiger partial charge in [-0.2, -0.15) is 0 Å². The smallest absolute Gasteiger partial charge is 0.192 e. The van der Waals surface area contributed by atoms with Crippen LogP contribution in [0.5, 0.6) is 0 Å². The van der Waals surface area contributed by atoms with Gasteiger partial charge in [0.1, 0.15) is 0 Å². The maximum atomic E-state index is 11.9. The van der Waals surface area contributed by atoms with Gasteiger partial charge in [-0.05, 0) is 6.92 Å². The highest BCUT2D eigenvalue weighted by Crippen LogP contribution is 2.09. The molecule has 0 spiro atoms. The summed E-state index contributed by atoms with van der Waals surface area (Å²) >= 11 is 0. The van der Waals surface area contributed by atoms with Gasteiger partial charge in [0.05, 0.1) is 0 Å². The molecule has 0 unspecified atom stereocenters. The molecular formula is C14H14O. The van der Waals surface area contributed by atoms with Gasteiger partial charge in [0.25, 0.3) is 0 Å². The van der Waals surface area contributed by atoms with Crippen molar-refractivity contribution in [1.29, 1.82) is 0 Å². The van der Waals surface area contributed by atoms with Crippen molar-refractivity contribution in [2.75, 3.05) is 0 Å². The first-order chi connectivity index (χ1) is 7.29. The van der Waals surface area contributed by atoms with Crippen LogP contribution in [-0.4, -0.2) is 5.78 Å². The van der Waals surface area contributed by atoms with E-state index in [1.165, 1.54) is 0 Å². The third-order valence-corrected chi connectivity index (χ3v) is 1.99. The number of Topliss-reactive ketones (excluding diaryl/α,β-unsaturated/α-hetero) is 1. The van der Waals surface area contributed by atoms with Crippen molar-refractivity contribution in [3.63, 3.8) is 0 Å². The predicted octanol–water partition coefficient (Wildman–Crippen LogP) is 3.56. The number of allylic oxidation sites excluding steroid dienone is 5. The number of benzene rings is 1. The van der Waals surface area contributed by atoms with E-state index in [-0.39, 0.29) is 5.78 Å². The molecular weight excluding hydrogens is 184 g/mol. The maximum Gasteiger partial charge on any atom is 0.192 e. The molecule has 0 atom stereocenters. The molecule has 1 nitrogen and oxygen atoms in total. The SMILES string of the molecule is C=C/C(=C\C=C/C)C(=O)c1ccccc1. The summed E-state index contributed by atoms with van der Waals surface area (Å²) in [6.07, 6.45) is 7.05. The molecule has 1 aromatic carbocycles. The number of ketones is 1. The van der Waals surface area contributed by atoms with Crippen molar-refractivity contribution in [1.82, 2.24) is 0 Å². The average Bonchev–Trinajstić information content (AvgIpc) is 2.31. The van der Waals surface area contributed by atoms with Crippen molar-refractivity contribution in [3.05, 3.63) is 72.4 Å². The Morgan fingerprint density at radius 1 is 1.27 bits per heavy atom. The van der Waals surface area contributed by atoms with Crippen molar-refractivity contribution < 1.29 is 4.79 Å². The van der Waals surface area contributed by atoms with Crippen LogP contribution in [0.15, 0.2) is 66.8 Å². The molecule has 1 aromatic rings. The fourth-order valence-corrected chi connectivity index (χ4v) is 1.19. The molecule has 0 aliphatic carbocycles. The highest BCUT2D eigenvalue weighted by Gasteiger charge is 2.07. The molecule has 0 amide bonds. The van der Waals surface area contributed by atoms with Crippen LogP contribution in [0.2, 0.25) is 0 Å². The van der Waals surface area contributed by atoms with E-state index in [0.717, 1.165) is 0 Å². The van der Waals surface area contributed by atoms with Crippen LogP contribution in [0.4, 0.5) is 0 Å². The Hall–Kier alpha value is -1.89. The van der Waals surface area contributed by atoms with E-state index < -0.39 is 0 Å². The molecule has 0 heterocycles. The van der Waals surface area contributed by atoms with Crippen molar-refractivity contribution in [2.24, 2.45) is 0 Å². The van der Waals surface area contributed by atoms with Gasteiger partial charge in [-0.15, -0.1) is 0 Å². The van der Waals surface area contributed by atoms with Crippen LogP contribution in [0.1, 0.15) is 17.3 Å². The predicted molar refractivity (Wildman–Crippen MR) is 63.9 cm³/mol. The van der Waals surface area contributed by atoms with E-state index in [0.29, 0.717) is 11.1 Å². The highest BCUT2D eigenvalue weighted by molar-refractivity contribution is 6.10. The summed E-state index contributed by atoms with van der Waals surface area (Å²) in [4.78, 5) is 11.9. The number of carbonyl (C=O) groups excluding carboxylic acids is 1.